The molecule has 0 unspecified atom stereocenters. The van der Waals surface area contributed by atoms with Crippen molar-refractivity contribution < 1.29 is 4.79 Å². The van der Waals surface area contributed by atoms with Crippen molar-refractivity contribution in [1.29, 1.82) is 0 Å². The molecule has 0 saturated carbocycles. The molecule has 0 bridgehead atoms. The summed E-state index contributed by atoms with van der Waals surface area (Å²) in [6.07, 6.45) is 4.60. The van der Waals surface area contributed by atoms with E-state index in [0.29, 0.717) is 11.6 Å². The molecule has 0 radical (unpaired) electrons. The van der Waals surface area contributed by atoms with E-state index in [9.17, 15) is 4.79 Å². The number of rotatable bonds is 3. The quantitative estimate of drug-likeness (QED) is 0.853. The first-order valence-electron chi connectivity index (χ1n) is 5.43. The molecule has 0 aliphatic heterocycles. The molecule has 92 valence electrons. The van der Waals surface area contributed by atoms with E-state index in [4.69, 9.17) is 0 Å². The van der Waals surface area contributed by atoms with E-state index in [2.05, 4.69) is 25.6 Å². The van der Waals surface area contributed by atoms with Crippen molar-refractivity contribution in [3.63, 3.8) is 0 Å². The molecule has 0 aliphatic carbocycles. The lowest BCUT2D eigenvalue weighted by Crippen LogP contribution is -2.15. The maximum atomic E-state index is 11.8. The third-order valence-electron chi connectivity index (χ3n) is 2.29. The van der Waals surface area contributed by atoms with Gasteiger partial charge in [0.05, 0.1) is 12.4 Å². The predicted octanol–water partition coefficient (Wildman–Crippen LogP) is 1.47. The summed E-state index contributed by atoms with van der Waals surface area (Å²) in [5, 5.41) is 5.48. The Hall–Kier alpha value is -2.50. The maximum Gasteiger partial charge on any atom is 0.277 e. The van der Waals surface area contributed by atoms with E-state index in [1.54, 1.807) is 19.3 Å². The van der Waals surface area contributed by atoms with E-state index in [1.165, 1.54) is 12.4 Å². The van der Waals surface area contributed by atoms with Crippen LogP contribution in [0.1, 0.15) is 16.1 Å². The second kappa shape index (κ2) is 5.22. The van der Waals surface area contributed by atoms with Crippen LogP contribution in [0.2, 0.25) is 0 Å². The molecular formula is C12H13N5O. The minimum Gasteiger partial charge on any atom is -0.372 e. The van der Waals surface area contributed by atoms with Crippen LogP contribution < -0.4 is 10.6 Å². The smallest absolute Gasteiger partial charge is 0.277 e. The molecule has 0 aliphatic rings. The molecule has 2 rings (SSSR count). The van der Waals surface area contributed by atoms with Crippen molar-refractivity contribution in [2.24, 2.45) is 0 Å². The summed E-state index contributed by atoms with van der Waals surface area (Å²) in [4.78, 5) is 23.9. The number of hydrogen-bond acceptors (Lipinski definition) is 5. The van der Waals surface area contributed by atoms with Gasteiger partial charge in [-0.15, -0.1) is 0 Å². The highest BCUT2D eigenvalue weighted by atomic mass is 16.1. The van der Waals surface area contributed by atoms with Gasteiger partial charge in [0.15, 0.2) is 0 Å². The molecule has 0 fully saturated rings. The highest BCUT2D eigenvalue weighted by molar-refractivity contribution is 6.02. The standard InChI is InChI=1S/C12H13N5O/c1-8-3-4-10(15-5-8)17-12(18)9-6-16-11(13-2)7-14-9/h3-7H,1-2H3,(H,13,16)(H,15,17,18). The number of aromatic nitrogens is 3. The summed E-state index contributed by atoms with van der Waals surface area (Å²) < 4.78 is 0. The number of anilines is 2. The van der Waals surface area contributed by atoms with Crippen LogP contribution in [0.25, 0.3) is 0 Å². The Morgan fingerprint density at radius 2 is 1.83 bits per heavy atom. The normalized spacial score (nSPS) is 9.89. The second-order valence-electron chi connectivity index (χ2n) is 3.71. The molecule has 2 heterocycles. The van der Waals surface area contributed by atoms with Crippen molar-refractivity contribution in [2.75, 3.05) is 17.7 Å². The number of amides is 1. The average molecular weight is 243 g/mol. The fourth-order valence-corrected chi connectivity index (χ4v) is 1.30. The van der Waals surface area contributed by atoms with Gasteiger partial charge < -0.3 is 10.6 Å². The van der Waals surface area contributed by atoms with Crippen LogP contribution in [-0.4, -0.2) is 27.9 Å². The maximum absolute atomic E-state index is 11.8. The highest BCUT2D eigenvalue weighted by Gasteiger charge is 2.08. The topological polar surface area (TPSA) is 79.8 Å². The molecule has 6 nitrogen and oxygen atoms in total. The van der Waals surface area contributed by atoms with Gasteiger partial charge >= 0.3 is 0 Å². The van der Waals surface area contributed by atoms with Gasteiger partial charge in [-0.05, 0) is 18.6 Å². The minimum atomic E-state index is -0.332. The number of nitrogens with one attached hydrogen (secondary N) is 2. The van der Waals surface area contributed by atoms with Crippen LogP contribution >= 0.6 is 0 Å². The zero-order valence-electron chi connectivity index (χ0n) is 10.1. The van der Waals surface area contributed by atoms with Gasteiger partial charge in [-0.1, -0.05) is 6.07 Å². The zero-order valence-corrected chi connectivity index (χ0v) is 10.1. The number of carbonyl (C=O) groups is 1. The van der Waals surface area contributed by atoms with Gasteiger partial charge in [0.25, 0.3) is 5.91 Å². The number of hydrogen-bond donors (Lipinski definition) is 2. The fourth-order valence-electron chi connectivity index (χ4n) is 1.30. The third-order valence-corrected chi connectivity index (χ3v) is 2.29. The lowest BCUT2D eigenvalue weighted by molar-refractivity contribution is 0.102. The monoisotopic (exact) mass is 243 g/mol. The van der Waals surface area contributed by atoms with Gasteiger partial charge in [0.1, 0.15) is 17.3 Å². The van der Waals surface area contributed by atoms with Crippen molar-refractivity contribution in [1.82, 2.24) is 15.0 Å². The van der Waals surface area contributed by atoms with Crippen LogP contribution in [0.5, 0.6) is 0 Å². The largest absolute Gasteiger partial charge is 0.372 e. The lowest BCUT2D eigenvalue weighted by Gasteiger charge is -2.04. The first kappa shape index (κ1) is 12.0. The fraction of sp³-hybridized carbons (Fsp3) is 0.167. The first-order valence-corrected chi connectivity index (χ1v) is 5.43. The van der Waals surface area contributed by atoms with E-state index in [-0.39, 0.29) is 11.6 Å². The van der Waals surface area contributed by atoms with Crippen LogP contribution in [0.15, 0.2) is 30.7 Å². The summed E-state index contributed by atoms with van der Waals surface area (Å²) >= 11 is 0. The molecule has 2 aromatic heterocycles. The molecular weight excluding hydrogens is 230 g/mol. The molecule has 0 saturated heterocycles. The van der Waals surface area contributed by atoms with Crippen LogP contribution in [0, 0.1) is 6.92 Å². The Bertz CT molecular complexity index is 535. The molecule has 0 aromatic carbocycles. The highest BCUT2D eigenvalue weighted by Crippen LogP contribution is 2.06. The van der Waals surface area contributed by atoms with Gasteiger partial charge in [0, 0.05) is 13.2 Å². The summed E-state index contributed by atoms with van der Waals surface area (Å²) in [5.41, 5.74) is 1.28. The van der Waals surface area contributed by atoms with Crippen LogP contribution in [0.4, 0.5) is 11.6 Å². The number of pyridine rings is 1. The minimum absolute atomic E-state index is 0.247. The molecule has 0 spiro atoms. The van der Waals surface area contributed by atoms with E-state index < -0.39 is 0 Å². The number of carbonyl (C=O) groups excluding carboxylic acids is 1. The molecule has 2 N–H and O–H groups in total. The second-order valence-corrected chi connectivity index (χ2v) is 3.71. The Kier molecular flexibility index (Phi) is 3.47. The average Bonchev–Trinajstić information content (AvgIpc) is 2.41. The van der Waals surface area contributed by atoms with Gasteiger partial charge in [-0.2, -0.15) is 0 Å². The van der Waals surface area contributed by atoms with Crippen molar-refractivity contribution in [3.8, 4) is 0 Å². The van der Waals surface area contributed by atoms with Crippen molar-refractivity contribution in [3.05, 3.63) is 42.0 Å². The van der Waals surface area contributed by atoms with Crippen molar-refractivity contribution in [2.45, 2.75) is 6.92 Å². The summed E-state index contributed by atoms with van der Waals surface area (Å²) in [5.74, 6) is 0.770. The van der Waals surface area contributed by atoms with Gasteiger partial charge in [-0.25, -0.2) is 15.0 Å². The Morgan fingerprint density at radius 3 is 2.39 bits per heavy atom. The summed E-state index contributed by atoms with van der Waals surface area (Å²) in [6, 6.07) is 3.61. The first-order chi connectivity index (χ1) is 8.69. The van der Waals surface area contributed by atoms with E-state index in [1.807, 2.05) is 13.0 Å². The Balaban J connectivity index is 2.09. The van der Waals surface area contributed by atoms with Crippen molar-refractivity contribution >= 4 is 17.5 Å². The zero-order chi connectivity index (χ0) is 13.0. The third kappa shape index (κ3) is 2.79. The number of aryl methyl sites for hydroxylation is 1. The predicted molar refractivity (Wildman–Crippen MR) is 68.5 cm³/mol. The molecule has 18 heavy (non-hydrogen) atoms. The van der Waals surface area contributed by atoms with Gasteiger partial charge in [-0.3, -0.25) is 4.79 Å². The molecule has 2 aromatic rings. The van der Waals surface area contributed by atoms with Crippen LogP contribution in [-0.2, 0) is 0 Å². The van der Waals surface area contributed by atoms with Crippen LogP contribution in [0.3, 0.4) is 0 Å². The summed E-state index contributed by atoms with van der Waals surface area (Å²) in [6.45, 7) is 1.93. The lowest BCUT2D eigenvalue weighted by atomic mass is 10.3. The van der Waals surface area contributed by atoms with E-state index in [0.717, 1.165) is 5.56 Å². The SMILES string of the molecule is CNc1cnc(C(=O)Nc2ccc(C)cn2)cn1. The molecule has 0 atom stereocenters. The number of nitrogens with zero attached hydrogens (tertiary/aromatic N) is 3. The van der Waals surface area contributed by atoms with E-state index >= 15 is 0 Å². The molecule has 6 heteroatoms. The molecule has 1 amide bonds. The summed E-state index contributed by atoms with van der Waals surface area (Å²) in [7, 11) is 1.74. The Labute approximate surface area is 105 Å². The Morgan fingerprint density at radius 1 is 1.06 bits per heavy atom. The van der Waals surface area contributed by atoms with Gasteiger partial charge in [0.2, 0.25) is 0 Å².